The Labute approximate surface area is 316 Å². The number of hydrogen-bond donors (Lipinski definition) is 1. The molecule has 2 amide bonds. The maximum atomic E-state index is 17.6. The van der Waals surface area contributed by atoms with Crippen LogP contribution in [-0.4, -0.2) is 76.7 Å². The van der Waals surface area contributed by atoms with Gasteiger partial charge in [-0.25, -0.2) is 14.2 Å². The number of carbonyl (C=O) groups excluding carboxylic acids is 2. The van der Waals surface area contributed by atoms with Crippen molar-refractivity contribution in [3.05, 3.63) is 81.5 Å². The summed E-state index contributed by atoms with van der Waals surface area (Å²) in [6.07, 6.45) is 3.38. The van der Waals surface area contributed by atoms with Gasteiger partial charge in [0.15, 0.2) is 5.82 Å². The average molecular weight is 755 g/mol. The number of halogens is 3. The van der Waals surface area contributed by atoms with Crippen LogP contribution in [0.4, 0.5) is 9.18 Å². The summed E-state index contributed by atoms with van der Waals surface area (Å²) in [6.45, 7) is 3.53. The van der Waals surface area contributed by atoms with Crippen molar-refractivity contribution in [3.63, 3.8) is 0 Å². The van der Waals surface area contributed by atoms with E-state index in [1.54, 1.807) is 55.5 Å². The van der Waals surface area contributed by atoms with Crippen LogP contribution in [-0.2, 0) is 11.2 Å². The highest BCUT2D eigenvalue weighted by Crippen LogP contribution is 2.52. The van der Waals surface area contributed by atoms with Crippen LogP contribution in [0.1, 0.15) is 60.0 Å². The summed E-state index contributed by atoms with van der Waals surface area (Å²) in [4.78, 5) is 38.9. The number of aromatic nitrogens is 3. The first-order valence-electron chi connectivity index (χ1n) is 17.8. The van der Waals surface area contributed by atoms with E-state index < -0.39 is 11.9 Å². The predicted octanol–water partition coefficient (Wildman–Crippen LogP) is 8.20. The van der Waals surface area contributed by atoms with Crippen LogP contribution in [0.2, 0.25) is 10.0 Å². The second kappa shape index (κ2) is 13.6. The second-order valence-corrected chi connectivity index (χ2v) is 15.4. The zero-order valence-corrected chi connectivity index (χ0v) is 31.3. The Bertz CT molecular complexity index is 2340. The van der Waals surface area contributed by atoms with Crippen molar-refractivity contribution < 1.29 is 18.7 Å². The Balaban J connectivity index is 1.49. The van der Waals surface area contributed by atoms with Crippen molar-refractivity contribution in [2.45, 2.75) is 50.7 Å². The topological polar surface area (TPSA) is 116 Å². The summed E-state index contributed by atoms with van der Waals surface area (Å²) in [7, 11) is 4.73. The van der Waals surface area contributed by atoms with Crippen molar-refractivity contribution >= 4 is 57.0 Å². The van der Waals surface area contributed by atoms with E-state index >= 15 is 4.39 Å². The molecule has 6 heterocycles. The number of ether oxygens (including phenoxy) is 1. The summed E-state index contributed by atoms with van der Waals surface area (Å²) in [5, 5.41) is 15.2. The van der Waals surface area contributed by atoms with Gasteiger partial charge in [-0.1, -0.05) is 42.3 Å². The highest BCUT2D eigenvalue weighted by atomic mass is 35.5. The Morgan fingerprint density at radius 3 is 2.62 bits per heavy atom. The normalized spacial score (nSPS) is 21.9. The fraction of sp³-hybridized carbons (Fsp3) is 0.375. The minimum atomic E-state index is -0.579. The number of fused-ring (bicyclic) bond motifs is 4. The maximum absolute atomic E-state index is 17.6. The summed E-state index contributed by atoms with van der Waals surface area (Å²) in [5.74, 6) is -0.254. The fourth-order valence-corrected chi connectivity index (χ4v) is 9.10. The molecule has 1 saturated carbocycles. The molecule has 272 valence electrons. The van der Waals surface area contributed by atoms with E-state index in [1.165, 1.54) is 12.0 Å². The van der Waals surface area contributed by atoms with Crippen LogP contribution in [0.3, 0.4) is 0 Å². The van der Waals surface area contributed by atoms with E-state index in [2.05, 4.69) is 33.9 Å². The molecule has 13 heteroatoms. The third kappa shape index (κ3) is 5.70. The Hall–Kier alpha value is -4.76. The van der Waals surface area contributed by atoms with Gasteiger partial charge in [-0.2, -0.15) is 5.26 Å². The molecule has 4 aliphatic rings. The first kappa shape index (κ1) is 35.3. The zero-order valence-electron chi connectivity index (χ0n) is 29.8. The molecule has 3 aliphatic heterocycles. The van der Waals surface area contributed by atoms with E-state index in [4.69, 9.17) is 32.9 Å². The SMILES string of the molecule is COC(=O)N1C[C@@H](C)C[C@@H]1c1cc2c(-c3ccc(C(=O)N(C)C)nc3)nc3c(F)c(-c4cccc(Cl)c4Cl)c(CCC#N)cc3c2n1[C@H]1[C@H]2CN[C@@H]1C2. The Kier molecular flexibility index (Phi) is 9.04. The lowest BCUT2D eigenvalue weighted by atomic mass is 9.79. The molecule has 5 atom stereocenters. The minimum Gasteiger partial charge on any atom is -0.453 e. The molecule has 2 bridgehead atoms. The Morgan fingerprint density at radius 2 is 1.96 bits per heavy atom. The van der Waals surface area contributed by atoms with E-state index in [1.807, 2.05) is 6.07 Å². The van der Waals surface area contributed by atoms with Gasteiger partial charge in [0.1, 0.15) is 11.2 Å². The number of pyridine rings is 2. The number of nitriles is 1. The Morgan fingerprint density at radius 1 is 1.15 bits per heavy atom. The molecule has 3 saturated heterocycles. The van der Waals surface area contributed by atoms with Gasteiger partial charge in [-0.15, -0.1) is 0 Å². The molecule has 0 radical (unpaired) electrons. The van der Waals surface area contributed by atoms with E-state index in [-0.39, 0.29) is 69.6 Å². The number of benzene rings is 2. The molecule has 0 unspecified atom stereocenters. The van der Waals surface area contributed by atoms with Gasteiger partial charge < -0.3 is 19.5 Å². The summed E-state index contributed by atoms with van der Waals surface area (Å²) >= 11 is 13.2. The highest BCUT2D eigenvalue weighted by Gasteiger charge is 2.50. The molecule has 9 rings (SSSR count). The number of carbonyl (C=O) groups is 2. The van der Waals surface area contributed by atoms with Gasteiger partial charge in [0.05, 0.1) is 46.5 Å². The molecular weight excluding hydrogens is 716 g/mol. The molecule has 10 nitrogen and oxygen atoms in total. The van der Waals surface area contributed by atoms with E-state index in [0.29, 0.717) is 40.2 Å². The largest absolute Gasteiger partial charge is 0.453 e. The van der Waals surface area contributed by atoms with Crippen LogP contribution >= 0.6 is 23.2 Å². The number of likely N-dealkylation sites (tertiary alicyclic amines) is 1. The van der Waals surface area contributed by atoms with Gasteiger partial charge >= 0.3 is 6.09 Å². The number of nitrogens with one attached hydrogen (secondary N) is 1. The van der Waals surface area contributed by atoms with Crippen LogP contribution in [0.5, 0.6) is 0 Å². The quantitative estimate of drug-likeness (QED) is 0.178. The molecule has 1 aliphatic carbocycles. The van der Waals surface area contributed by atoms with Gasteiger partial charge in [-0.3, -0.25) is 14.7 Å². The monoisotopic (exact) mass is 753 g/mol. The average Bonchev–Trinajstić information content (AvgIpc) is 3.96. The lowest BCUT2D eigenvalue weighted by molar-refractivity contribution is 0.0822. The maximum Gasteiger partial charge on any atom is 0.410 e. The summed E-state index contributed by atoms with van der Waals surface area (Å²) < 4.78 is 25.2. The van der Waals surface area contributed by atoms with Crippen molar-refractivity contribution in [1.29, 1.82) is 5.26 Å². The number of aryl methyl sites for hydroxylation is 1. The van der Waals surface area contributed by atoms with Crippen LogP contribution < -0.4 is 5.32 Å². The number of methoxy groups -OCH3 is 1. The van der Waals surface area contributed by atoms with Crippen molar-refractivity contribution in [3.8, 4) is 28.5 Å². The molecule has 2 aromatic carbocycles. The van der Waals surface area contributed by atoms with E-state index in [0.717, 1.165) is 36.0 Å². The first-order chi connectivity index (χ1) is 25.5. The van der Waals surface area contributed by atoms with Crippen molar-refractivity contribution in [1.82, 2.24) is 29.7 Å². The standard InChI is InChI=1S/C40H38Cl2FN7O3/c1-20-13-30(49(19-20)40(52)53-4)31-16-26-35(22-10-11-28(45-17-22)39(51)48(2)3)47-36-25(38(26)50(31)37-23-15-29(37)46-18-23)14-21(7-6-12-44)32(34(36)43)24-8-5-9-27(41)33(24)42/h5,8-11,14,16-17,20,23,29-30,37,46H,6-7,13,15,18-19H2,1-4H3/t20-,23+,29+,30+,37-/m0/s1. The number of hydrogen-bond acceptors (Lipinski definition) is 7. The minimum absolute atomic E-state index is 0.0576. The smallest absolute Gasteiger partial charge is 0.410 e. The molecule has 53 heavy (non-hydrogen) atoms. The number of nitrogens with zero attached hydrogens (tertiary/aromatic N) is 6. The highest BCUT2D eigenvalue weighted by molar-refractivity contribution is 6.43. The molecule has 0 spiro atoms. The molecule has 3 aromatic heterocycles. The lowest BCUT2D eigenvalue weighted by Gasteiger charge is -2.39. The van der Waals surface area contributed by atoms with E-state index in [9.17, 15) is 14.9 Å². The molecule has 1 N–H and O–H groups in total. The zero-order chi connectivity index (χ0) is 37.3. The van der Waals surface area contributed by atoms with Gasteiger partial charge in [-0.05, 0) is 67.0 Å². The van der Waals surface area contributed by atoms with Gasteiger partial charge in [0.2, 0.25) is 0 Å². The van der Waals surface area contributed by atoms with Crippen molar-refractivity contribution in [2.75, 3.05) is 34.3 Å². The molecule has 4 fully saturated rings. The third-order valence-corrected chi connectivity index (χ3v) is 12.0. The van der Waals surface area contributed by atoms with Gasteiger partial charge in [0.25, 0.3) is 5.91 Å². The van der Waals surface area contributed by atoms with Crippen LogP contribution in [0, 0.1) is 29.0 Å². The predicted molar refractivity (Wildman–Crippen MR) is 202 cm³/mol. The van der Waals surface area contributed by atoms with Crippen molar-refractivity contribution in [2.24, 2.45) is 11.8 Å². The molecule has 5 aromatic rings. The molecular formula is C40H38Cl2FN7O3. The van der Waals surface area contributed by atoms with Gasteiger partial charge in [0, 0.05) is 79.0 Å². The fourth-order valence-electron chi connectivity index (χ4n) is 8.70. The lowest BCUT2D eigenvalue weighted by Crippen LogP contribution is -2.41. The third-order valence-electron chi connectivity index (χ3n) is 11.2. The number of amides is 2. The van der Waals surface area contributed by atoms with Crippen LogP contribution in [0.15, 0.2) is 48.7 Å². The number of rotatable bonds is 7. The first-order valence-corrected chi connectivity index (χ1v) is 18.5. The van der Waals surface area contributed by atoms with Crippen LogP contribution in [0.25, 0.3) is 44.2 Å². The second-order valence-electron chi connectivity index (χ2n) is 14.7. The summed E-state index contributed by atoms with van der Waals surface area (Å²) in [5.41, 5.74) is 4.48. The summed E-state index contributed by atoms with van der Waals surface area (Å²) in [6, 6.07) is 14.8.